The van der Waals surface area contributed by atoms with E-state index in [1.807, 2.05) is 31.2 Å². The molecule has 1 fully saturated rings. The second-order valence-corrected chi connectivity index (χ2v) is 4.86. The summed E-state index contributed by atoms with van der Waals surface area (Å²) in [6, 6.07) is 7.88. The van der Waals surface area contributed by atoms with E-state index < -0.39 is 0 Å². The van der Waals surface area contributed by atoms with Crippen LogP contribution >= 0.6 is 0 Å². The summed E-state index contributed by atoms with van der Waals surface area (Å²) in [5.41, 5.74) is 1.16. The minimum absolute atomic E-state index is 0.710. The maximum absolute atomic E-state index is 4.28. The van der Waals surface area contributed by atoms with Gasteiger partial charge in [0, 0.05) is 32.4 Å². The number of nitrogens with zero attached hydrogens (tertiary/aromatic N) is 4. The first-order valence-electron chi connectivity index (χ1n) is 6.80. The minimum atomic E-state index is 0.710. The van der Waals surface area contributed by atoms with Crippen LogP contribution < -0.4 is 15.5 Å². The second-order valence-electron chi connectivity index (χ2n) is 4.86. The number of rotatable bonds is 3. The van der Waals surface area contributed by atoms with E-state index >= 15 is 0 Å². The van der Waals surface area contributed by atoms with Gasteiger partial charge in [0.15, 0.2) is 11.6 Å². The molecule has 3 heterocycles. The lowest BCUT2D eigenvalue weighted by atomic mass is 10.3. The molecule has 0 aromatic carbocycles. The van der Waals surface area contributed by atoms with Crippen molar-refractivity contribution >= 4 is 17.5 Å². The first kappa shape index (κ1) is 12.8. The van der Waals surface area contributed by atoms with E-state index in [1.54, 1.807) is 6.20 Å². The molecular formula is C14H18N6. The zero-order valence-corrected chi connectivity index (χ0v) is 11.5. The smallest absolute Gasteiger partial charge is 0.154 e. The summed E-state index contributed by atoms with van der Waals surface area (Å²) in [5, 5.41) is 15.0. The summed E-state index contributed by atoms with van der Waals surface area (Å²) in [7, 11) is 0. The molecule has 1 saturated heterocycles. The fourth-order valence-electron chi connectivity index (χ4n) is 2.19. The number of pyridine rings is 1. The lowest BCUT2D eigenvalue weighted by molar-refractivity contribution is 0.583. The number of anilines is 3. The van der Waals surface area contributed by atoms with E-state index in [0.29, 0.717) is 5.82 Å². The summed E-state index contributed by atoms with van der Waals surface area (Å²) < 4.78 is 0. The van der Waals surface area contributed by atoms with Crippen LogP contribution in [0.5, 0.6) is 0 Å². The van der Waals surface area contributed by atoms with Crippen molar-refractivity contribution < 1.29 is 0 Å². The number of aryl methyl sites for hydroxylation is 1. The SMILES string of the molecule is Cc1ccnc(Nc2ccc(N3CCNCC3)nn2)c1. The average Bonchev–Trinajstić information content (AvgIpc) is 2.49. The van der Waals surface area contributed by atoms with E-state index in [1.165, 1.54) is 0 Å². The third-order valence-electron chi connectivity index (χ3n) is 3.26. The monoisotopic (exact) mass is 270 g/mol. The molecule has 6 heteroatoms. The standard InChI is InChI=1S/C14H18N6/c1-11-4-5-16-13(10-11)17-12-2-3-14(19-18-12)20-8-6-15-7-9-20/h2-5,10,15H,6-9H2,1H3,(H,16,17,18). The number of piperazine rings is 1. The maximum Gasteiger partial charge on any atom is 0.154 e. The highest BCUT2D eigenvalue weighted by molar-refractivity contribution is 5.53. The highest BCUT2D eigenvalue weighted by Crippen LogP contribution is 2.15. The fraction of sp³-hybridized carbons (Fsp3) is 0.357. The first-order valence-corrected chi connectivity index (χ1v) is 6.80. The van der Waals surface area contributed by atoms with Gasteiger partial charge in [-0.1, -0.05) is 0 Å². The van der Waals surface area contributed by atoms with E-state index in [0.717, 1.165) is 43.4 Å². The van der Waals surface area contributed by atoms with Crippen LogP contribution in [0.4, 0.5) is 17.5 Å². The van der Waals surface area contributed by atoms with Crippen molar-refractivity contribution in [2.75, 3.05) is 36.4 Å². The third kappa shape index (κ3) is 3.03. The summed E-state index contributed by atoms with van der Waals surface area (Å²) in [5.74, 6) is 2.42. The van der Waals surface area contributed by atoms with Crippen LogP contribution in [0, 0.1) is 6.92 Å². The van der Waals surface area contributed by atoms with Crippen molar-refractivity contribution in [3.8, 4) is 0 Å². The lowest BCUT2D eigenvalue weighted by Crippen LogP contribution is -2.43. The lowest BCUT2D eigenvalue weighted by Gasteiger charge is -2.27. The van der Waals surface area contributed by atoms with Gasteiger partial charge in [0.2, 0.25) is 0 Å². The number of aromatic nitrogens is 3. The quantitative estimate of drug-likeness (QED) is 0.877. The molecule has 0 bridgehead atoms. The normalized spacial score (nSPS) is 15.2. The molecule has 1 aliphatic rings. The second kappa shape index (κ2) is 5.83. The minimum Gasteiger partial charge on any atom is -0.353 e. The molecule has 0 spiro atoms. The van der Waals surface area contributed by atoms with E-state index in [2.05, 4.69) is 30.7 Å². The zero-order valence-electron chi connectivity index (χ0n) is 11.5. The molecule has 0 atom stereocenters. The Labute approximate surface area is 118 Å². The predicted octanol–water partition coefficient (Wildman–Crippen LogP) is 1.33. The van der Waals surface area contributed by atoms with Gasteiger partial charge in [0.05, 0.1) is 0 Å². The molecule has 2 aromatic rings. The molecule has 0 aliphatic carbocycles. The van der Waals surface area contributed by atoms with Gasteiger partial charge in [-0.25, -0.2) is 4.98 Å². The van der Waals surface area contributed by atoms with Gasteiger partial charge in [-0.05, 0) is 36.8 Å². The summed E-state index contributed by atoms with van der Waals surface area (Å²) in [6.45, 7) is 5.97. The van der Waals surface area contributed by atoms with Crippen molar-refractivity contribution in [3.63, 3.8) is 0 Å². The first-order chi connectivity index (χ1) is 9.81. The van der Waals surface area contributed by atoms with Gasteiger partial charge in [0.25, 0.3) is 0 Å². The van der Waals surface area contributed by atoms with Crippen LogP contribution in [0.3, 0.4) is 0 Å². The molecule has 104 valence electrons. The van der Waals surface area contributed by atoms with Gasteiger partial charge in [-0.2, -0.15) is 0 Å². The summed E-state index contributed by atoms with van der Waals surface area (Å²) in [4.78, 5) is 6.48. The largest absolute Gasteiger partial charge is 0.353 e. The van der Waals surface area contributed by atoms with E-state index in [-0.39, 0.29) is 0 Å². The topological polar surface area (TPSA) is 66.0 Å². The Hall–Kier alpha value is -2.21. The zero-order chi connectivity index (χ0) is 13.8. The summed E-state index contributed by atoms with van der Waals surface area (Å²) in [6.07, 6.45) is 1.78. The molecule has 0 radical (unpaired) electrons. The van der Waals surface area contributed by atoms with E-state index in [4.69, 9.17) is 0 Å². The average molecular weight is 270 g/mol. The molecule has 2 aromatic heterocycles. The van der Waals surface area contributed by atoms with Gasteiger partial charge in [0.1, 0.15) is 5.82 Å². The molecule has 0 amide bonds. The van der Waals surface area contributed by atoms with Gasteiger partial charge in [-0.15, -0.1) is 10.2 Å². The molecule has 6 nitrogen and oxygen atoms in total. The van der Waals surface area contributed by atoms with Crippen LogP contribution in [0.1, 0.15) is 5.56 Å². The van der Waals surface area contributed by atoms with Gasteiger partial charge < -0.3 is 15.5 Å². The summed E-state index contributed by atoms with van der Waals surface area (Å²) >= 11 is 0. The van der Waals surface area contributed by atoms with Crippen LogP contribution in [0.15, 0.2) is 30.5 Å². The fourth-order valence-corrected chi connectivity index (χ4v) is 2.19. The maximum atomic E-state index is 4.28. The van der Waals surface area contributed by atoms with Crippen LogP contribution in [-0.4, -0.2) is 41.4 Å². The van der Waals surface area contributed by atoms with Gasteiger partial charge >= 0.3 is 0 Å². The Morgan fingerprint density at radius 1 is 1.10 bits per heavy atom. The number of nitrogens with one attached hydrogen (secondary N) is 2. The molecule has 2 N–H and O–H groups in total. The molecule has 0 saturated carbocycles. The van der Waals surface area contributed by atoms with Crippen molar-refractivity contribution in [2.45, 2.75) is 6.92 Å². The molecule has 3 rings (SSSR count). The van der Waals surface area contributed by atoms with Crippen molar-refractivity contribution in [3.05, 3.63) is 36.0 Å². The predicted molar refractivity (Wildman–Crippen MR) is 79.4 cm³/mol. The Bertz CT molecular complexity index is 562. The highest BCUT2D eigenvalue weighted by atomic mass is 15.3. The van der Waals surface area contributed by atoms with Crippen molar-refractivity contribution in [1.29, 1.82) is 0 Å². The number of hydrogen-bond acceptors (Lipinski definition) is 6. The van der Waals surface area contributed by atoms with Crippen LogP contribution in [0.25, 0.3) is 0 Å². The van der Waals surface area contributed by atoms with E-state index in [9.17, 15) is 0 Å². The Balaban J connectivity index is 1.69. The molecule has 20 heavy (non-hydrogen) atoms. The Morgan fingerprint density at radius 2 is 1.95 bits per heavy atom. The molecule has 1 aliphatic heterocycles. The molecule has 0 unspecified atom stereocenters. The van der Waals surface area contributed by atoms with Crippen molar-refractivity contribution in [2.24, 2.45) is 0 Å². The number of hydrogen-bond donors (Lipinski definition) is 2. The highest BCUT2D eigenvalue weighted by Gasteiger charge is 2.11. The molecular weight excluding hydrogens is 252 g/mol. The van der Waals surface area contributed by atoms with Crippen LogP contribution in [-0.2, 0) is 0 Å². The van der Waals surface area contributed by atoms with Crippen molar-refractivity contribution in [1.82, 2.24) is 20.5 Å². The van der Waals surface area contributed by atoms with Gasteiger partial charge in [-0.3, -0.25) is 0 Å². The Morgan fingerprint density at radius 3 is 2.65 bits per heavy atom. The van der Waals surface area contributed by atoms with Crippen LogP contribution in [0.2, 0.25) is 0 Å². The third-order valence-corrected chi connectivity index (χ3v) is 3.26. The Kier molecular flexibility index (Phi) is 3.73.